The number of nitrogens with two attached hydrogens (primary N) is 2. The minimum Gasteiger partial charge on any atom is -0.480 e. The molecule has 2 amide bonds. The minimum atomic E-state index is -1.11. The van der Waals surface area contributed by atoms with Crippen molar-refractivity contribution in [3.8, 4) is 0 Å². The number of primary amides is 1. The third-order valence-corrected chi connectivity index (χ3v) is 1.55. The molecule has 0 aromatic rings. The van der Waals surface area contributed by atoms with Gasteiger partial charge in [-0.2, -0.15) is 0 Å². The summed E-state index contributed by atoms with van der Waals surface area (Å²) in [5, 5.41) is 10.8. The maximum atomic E-state index is 10.7. The summed E-state index contributed by atoms with van der Waals surface area (Å²) in [6.07, 6.45) is 1.67. The molecule has 0 fully saturated rings. The van der Waals surface area contributed by atoms with Crippen molar-refractivity contribution in [2.24, 2.45) is 11.5 Å². The van der Waals surface area contributed by atoms with Gasteiger partial charge in [0.2, 0.25) is 0 Å². The van der Waals surface area contributed by atoms with Gasteiger partial charge in [0.1, 0.15) is 6.04 Å². The minimum absolute atomic E-state index is 0.319. The smallest absolute Gasteiger partial charge is 0.326 e. The fourth-order valence-electron chi connectivity index (χ4n) is 0.908. The van der Waals surface area contributed by atoms with Gasteiger partial charge in [0.15, 0.2) is 1.41 Å². The second-order valence-corrected chi connectivity index (χ2v) is 2.65. The zero-order chi connectivity index (χ0) is 11.0. The average Bonchev–Trinajstić information content (AvgIpc) is 2.16. The summed E-state index contributed by atoms with van der Waals surface area (Å²) in [6, 6.07) is -1.77. The van der Waals surface area contributed by atoms with E-state index in [1.165, 1.54) is 0 Å². The highest BCUT2D eigenvalue weighted by Crippen LogP contribution is 2.00. The van der Waals surface area contributed by atoms with Gasteiger partial charge < -0.3 is 21.9 Å². The summed E-state index contributed by atoms with van der Waals surface area (Å²) in [5.41, 5.74) is 6.79. The molecule has 1 atom stereocenters. The Morgan fingerprint density at radius 2 is 2.23 bits per heavy atom. The van der Waals surface area contributed by atoms with Gasteiger partial charge >= 0.3 is 12.0 Å². The largest absolute Gasteiger partial charge is 0.480 e. The molecule has 0 rings (SSSR count). The number of carbonyl (C=O) groups is 2. The molecule has 0 aliphatic heterocycles. The Morgan fingerprint density at radius 3 is 2.69 bits per heavy atom. The molecule has 0 radical (unpaired) electrons. The number of hydrogen-bond donors (Lipinski definition) is 4. The molecule has 6 nitrogen and oxygen atoms in total. The Bertz CT molecular complexity index is 201. The van der Waals surface area contributed by atoms with E-state index in [1.54, 1.807) is 5.73 Å². The van der Waals surface area contributed by atoms with Crippen molar-refractivity contribution in [1.82, 2.24) is 5.32 Å². The lowest BCUT2D eigenvalue weighted by molar-refractivity contribution is -0.139. The fraction of sp³-hybridized carbons (Fsp3) is 0.714. The highest BCUT2D eigenvalue weighted by atomic mass is 16.4. The summed E-state index contributed by atoms with van der Waals surface area (Å²) in [5.74, 6) is -1.11. The highest BCUT2D eigenvalue weighted by molar-refractivity contribution is 5.81. The lowest BCUT2D eigenvalue weighted by Crippen LogP contribution is -2.43. The van der Waals surface area contributed by atoms with Gasteiger partial charge in [0, 0.05) is 0 Å². The molecular weight excluding hydrogens is 174 g/mol. The Morgan fingerprint density at radius 1 is 1.54 bits per heavy atom. The predicted molar refractivity (Wildman–Crippen MR) is 47.0 cm³/mol. The van der Waals surface area contributed by atoms with E-state index in [1.807, 2.05) is 0 Å². The third kappa shape index (κ3) is 5.92. The number of carboxylic acids is 1. The predicted octanol–water partition coefficient (Wildman–Crippen LogP) is -0.763. The van der Waals surface area contributed by atoms with Crippen LogP contribution in [0.25, 0.3) is 0 Å². The molecule has 0 unspecified atom stereocenters. The summed E-state index contributed by atoms with van der Waals surface area (Å²) in [4.78, 5) is 21.3. The molecule has 76 valence electrons. The maximum Gasteiger partial charge on any atom is 0.326 e. The first kappa shape index (κ1) is 9.79. The number of amides is 2. The van der Waals surface area contributed by atoms with E-state index < -0.39 is 18.0 Å². The van der Waals surface area contributed by atoms with Crippen molar-refractivity contribution in [3.05, 3.63) is 0 Å². The number of carbonyl (C=O) groups excluding carboxylic acids is 1. The molecule has 0 saturated carbocycles. The first-order chi connectivity index (χ1) is 6.61. The van der Waals surface area contributed by atoms with E-state index in [-0.39, 0.29) is 0 Å². The van der Waals surface area contributed by atoms with E-state index in [4.69, 9.17) is 12.3 Å². The van der Waals surface area contributed by atoms with Crippen LogP contribution in [-0.2, 0) is 4.79 Å². The van der Waals surface area contributed by atoms with Crippen molar-refractivity contribution < 1.29 is 16.1 Å². The van der Waals surface area contributed by atoms with Crippen LogP contribution in [0.4, 0.5) is 4.79 Å². The standard InChI is InChI=1S/C7H15N3O3/c8-4-2-1-3-5(6(11)12)10-7(9)13/h5H,1-4,8H2,(H,11,12)(H3,9,10,13)/t5-/m0/s1/i/hD. The van der Waals surface area contributed by atoms with E-state index in [9.17, 15) is 9.59 Å². The van der Waals surface area contributed by atoms with Crippen molar-refractivity contribution in [1.29, 1.82) is 0 Å². The van der Waals surface area contributed by atoms with Gasteiger partial charge in [0.25, 0.3) is 0 Å². The number of nitrogens with one attached hydrogen (secondary N) is 1. The van der Waals surface area contributed by atoms with Gasteiger partial charge in [-0.1, -0.05) is 0 Å². The van der Waals surface area contributed by atoms with Crippen LogP contribution in [0.3, 0.4) is 0 Å². The van der Waals surface area contributed by atoms with Crippen LogP contribution in [0, 0.1) is 0 Å². The van der Waals surface area contributed by atoms with Crippen LogP contribution >= 0.6 is 0 Å². The zero-order valence-corrected chi connectivity index (χ0v) is 7.25. The molecule has 0 aliphatic rings. The van der Waals surface area contributed by atoms with Gasteiger partial charge in [-0.15, -0.1) is 0 Å². The number of hydrogen-bond acceptors (Lipinski definition) is 3. The van der Waals surface area contributed by atoms with Crippen molar-refractivity contribution >= 4 is 12.0 Å². The second-order valence-electron chi connectivity index (χ2n) is 2.65. The number of unbranched alkanes of at least 4 members (excludes halogenated alkanes) is 1. The number of urea groups is 1. The first-order valence-corrected chi connectivity index (χ1v) is 4.03. The topological polar surface area (TPSA) is 118 Å². The zero-order valence-electron chi connectivity index (χ0n) is 8.25. The Hall–Kier alpha value is -1.30. The summed E-state index contributed by atoms with van der Waals surface area (Å²) in [6.45, 7) is 0.497. The maximum absolute atomic E-state index is 10.7. The molecule has 13 heavy (non-hydrogen) atoms. The summed E-state index contributed by atoms with van der Waals surface area (Å²) in [7, 11) is 0. The van der Waals surface area contributed by atoms with Crippen molar-refractivity contribution in [2.45, 2.75) is 25.3 Å². The molecule has 0 aliphatic carbocycles. The lowest BCUT2D eigenvalue weighted by atomic mass is 10.1. The number of rotatable bonds is 6. The van der Waals surface area contributed by atoms with Gasteiger partial charge in [-0.05, 0) is 25.8 Å². The molecule has 0 aromatic heterocycles. The van der Waals surface area contributed by atoms with Crippen LogP contribution in [0.1, 0.15) is 19.3 Å². The second kappa shape index (κ2) is 6.24. The number of aliphatic carboxylic acids is 1. The van der Waals surface area contributed by atoms with Gasteiger partial charge in [0.05, 0.1) is 0 Å². The molecule has 0 heterocycles. The fourth-order valence-corrected chi connectivity index (χ4v) is 0.908. The quantitative estimate of drug-likeness (QED) is 0.411. The normalized spacial score (nSPS) is 12.8. The van der Waals surface area contributed by atoms with Crippen LogP contribution in [0.5, 0.6) is 0 Å². The average molecular weight is 190 g/mol. The molecule has 6 heteroatoms. The Kier molecular flexibility index (Phi) is 4.70. The molecule has 0 saturated heterocycles. The van der Waals surface area contributed by atoms with Crippen molar-refractivity contribution in [3.63, 3.8) is 0 Å². The molecular formula is C7H15N3O3. The molecule has 0 aromatic carbocycles. The van der Waals surface area contributed by atoms with Gasteiger partial charge in [-0.3, -0.25) is 0 Å². The molecule has 0 bridgehead atoms. The Labute approximate surface area is 77.7 Å². The first-order valence-electron chi connectivity index (χ1n) is 4.53. The van der Waals surface area contributed by atoms with Crippen LogP contribution in [0.2, 0.25) is 1.41 Å². The summed E-state index contributed by atoms with van der Waals surface area (Å²) >= 11 is 0. The SMILES string of the molecule is [2H]NC(=O)N[C@@H](CCCCN)C(=O)O. The monoisotopic (exact) mass is 190 g/mol. The molecule has 6 N–H and O–H groups in total. The van der Waals surface area contributed by atoms with Crippen molar-refractivity contribution in [2.75, 3.05) is 6.54 Å². The third-order valence-electron chi connectivity index (χ3n) is 1.55. The van der Waals surface area contributed by atoms with E-state index in [2.05, 4.69) is 5.32 Å². The molecule has 0 spiro atoms. The van der Waals surface area contributed by atoms with Gasteiger partial charge in [-0.25, -0.2) is 9.59 Å². The van der Waals surface area contributed by atoms with E-state index in [0.717, 1.165) is 0 Å². The number of carboxylic acid groups (broad SMARTS) is 1. The van der Waals surface area contributed by atoms with Crippen LogP contribution < -0.4 is 16.8 Å². The lowest BCUT2D eigenvalue weighted by Gasteiger charge is -2.11. The van der Waals surface area contributed by atoms with E-state index in [0.29, 0.717) is 25.8 Å². The summed E-state index contributed by atoms with van der Waals surface area (Å²) < 4.78 is 6.48. The van der Waals surface area contributed by atoms with Crippen LogP contribution in [0.15, 0.2) is 0 Å². The highest BCUT2D eigenvalue weighted by Gasteiger charge is 2.17. The van der Waals surface area contributed by atoms with Crippen LogP contribution in [-0.4, -0.2) is 29.7 Å². The Balaban J connectivity index is 3.90. The van der Waals surface area contributed by atoms with E-state index >= 15 is 0 Å².